The summed E-state index contributed by atoms with van der Waals surface area (Å²) in [5, 5.41) is 13.8. The van der Waals surface area contributed by atoms with Gasteiger partial charge in [0.05, 0.1) is 17.8 Å². The molecule has 0 aliphatic carbocycles. The summed E-state index contributed by atoms with van der Waals surface area (Å²) < 4.78 is 15.7. The number of carbonyl (C=O) groups is 1. The maximum atomic E-state index is 13.9. The summed E-state index contributed by atoms with van der Waals surface area (Å²) in [5.74, 6) is 0.0942. The second-order valence-electron chi connectivity index (χ2n) is 5.73. The van der Waals surface area contributed by atoms with Crippen LogP contribution in [0.3, 0.4) is 0 Å². The van der Waals surface area contributed by atoms with Crippen molar-refractivity contribution in [3.63, 3.8) is 0 Å². The van der Waals surface area contributed by atoms with Crippen molar-refractivity contribution in [1.82, 2.24) is 24.9 Å². The maximum absolute atomic E-state index is 13.9. The highest BCUT2D eigenvalue weighted by molar-refractivity contribution is 5.99. The Bertz CT molecular complexity index is 1110. The molecule has 0 saturated heterocycles. The molecule has 1 amide bonds. The zero-order chi connectivity index (χ0) is 18.6. The number of hydrogen-bond acceptors (Lipinski definition) is 5. The van der Waals surface area contributed by atoms with Crippen molar-refractivity contribution in [2.24, 2.45) is 0 Å². The number of nitrogens with one attached hydrogen (secondary N) is 2. The monoisotopic (exact) mass is 362 g/mol. The average Bonchev–Trinajstić information content (AvgIpc) is 3.11. The lowest BCUT2D eigenvalue weighted by Gasteiger charge is -2.11. The molecule has 0 aliphatic rings. The van der Waals surface area contributed by atoms with Gasteiger partial charge in [0.1, 0.15) is 11.6 Å². The van der Waals surface area contributed by atoms with Crippen molar-refractivity contribution in [3.05, 3.63) is 84.2 Å². The first-order chi connectivity index (χ1) is 13.2. The molecule has 27 heavy (non-hydrogen) atoms. The van der Waals surface area contributed by atoms with Gasteiger partial charge in [0.2, 0.25) is 0 Å². The van der Waals surface area contributed by atoms with Crippen molar-refractivity contribution in [2.75, 3.05) is 5.32 Å². The molecule has 0 bridgehead atoms. The molecule has 0 aliphatic heterocycles. The van der Waals surface area contributed by atoms with Crippen molar-refractivity contribution in [2.45, 2.75) is 6.54 Å². The smallest absolute Gasteiger partial charge is 0.255 e. The fraction of sp³-hybridized carbons (Fsp3) is 0.0526. The van der Waals surface area contributed by atoms with Crippen LogP contribution in [0.4, 0.5) is 15.9 Å². The van der Waals surface area contributed by atoms with Crippen LogP contribution >= 0.6 is 0 Å². The van der Waals surface area contributed by atoms with E-state index >= 15 is 0 Å². The lowest BCUT2D eigenvalue weighted by atomic mass is 10.2. The third-order valence-electron chi connectivity index (χ3n) is 3.97. The second-order valence-corrected chi connectivity index (χ2v) is 5.73. The molecule has 7 nitrogen and oxygen atoms in total. The normalized spacial score (nSPS) is 10.7. The standard InChI is InChI=1S/C19H15FN6O/c20-14-7-1-2-8-15(14)23-18-13(6-5-10-21-18)19(27)22-12-17-25-24-16-9-3-4-11-26(16)17/h1-11H,12H2,(H,21,23)(H,22,27). The predicted octanol–water partition coefficient (Wildman–Crippen LogP) is 2.94. The maximum Gasteiger partial charge on any atom is 0.255 e. The van der Waals surface area contributed by atoms with Gasteiger partial charge in [0.25, 0.3) is 5.91 Å². The Morgan fingerprint density at radius 1 is 1.04 bits per heavy atom. The van der Waals surface area contributed by atoms with Gasteiger partial charge in [-0.15, -0.1) is 10.2 Å². The van der Waals surface area contributed by atoms with E-state index in [0.717, 1.165) is 0 Å². The van der Waals surface area contributed by atoms with Gasteiger partial charge < -0.3 is 10.6 Å². The number of carbonyl (C=O) groups excluding carboxylic acids is 1. The topological polar surface area (TPSA) is 84.2 Å². The van der Waals surface area contributed by atoms with Crippen LogP contribution in [0.2, 0.25) is 0 Å². The number of anilines is 2. The Morgan fingerprint density at radius 2 is 1.89 bits per heavy atom. The van der Waals surface area contributed by atoms with Crippen LogP contribution in [-0.2, 0) is 6.54 Å². The second kappa shape index (κ2) is 7.20. The quantitative estimate of drug-likeness (QED) is 0.570. The summed E-state index contributed by atoms with van der Waals surface area (Å²) >= 11 is 0. The third-order valence-corrected chi connectivity index (χ3v) is 3.97. The van der Waals surface area contributed by atoms with E-state index in [1.807, 2.05) is 24.4 Å². The Kier molecular flexibility index (Phi) is 4.44. The molecular weight excluding hydrogens is 347 g/mol. The molecule has 1 aromatic carbocycles. The lowest BCUT2D eigenvalue weighted by molar-refractivity contribution is 0.0950. The average molecular weight is 362 g/mol. The summed E-state index contributed by atoms with van der Waals surface area (Å²) in [4.78, 5) is 16.8. The van der Waals surface area contributed by atoms with Crippen LogP contribution in [0.15, 0.2) is 67.0 Å². The van der Waals surface area contributed by atoms with Crippen molar-refractivity contribution in [1.29, 1.82) is 0 Å². The minimum absolute atomic E-state index is 0.193. The van der Waals surface area contributed by atoms with Gasteiger partial charge in [-0.3, -0.25) is 9.20 Å². The van der Waals surface area contributed by atoms with E-state index in [2.05, 4.69) is 25.8 Å². The van der Waals surface area contributed by atoms with Gasteiger partial charge >= 0.3 is 0 Å². The van der Waals surface area contributed by atoms with Crippen LogP contribution in [0.5, 0.6) is 0 Å². The van der Waals surface area contributed by atoms with Crippen molar-refractivity contribution < 1.29 is 9.18 Å². The van der Waals surface area contributed by atoms with Crippen LogP contribution in [0.25, 0.3) is 5.65 Å². The summed E-state index contributed by atoms with van der Waals surface area (Å²) in [6.07, 6.45) is 3.36. The molecule has 0 saturated carbocycles. The molecule has 0 unspecified atom stereocenters. The molecule has 4 rings (SSSR count). The van der Waals surface area contributed by atoms with Gasteiger partial charge in [0, 0.05) is 12.4 Å². The van der Waals surface area contributed by atoms with Gasteiger partial charge in [-0.05, 0) is 36.4 Å². The zero-order valence-electron chi connectivity index (χ0n) is 14.1. The SMILES string of the molecule is O=C(NCc1nnc2ccccn12)c1cccnc1Nc1ccccc1F. The molecule has 0 radical (unpaired) electrons. The van der Waals surface area contributed by atoms with E-state index in [9.17, 15) is 9.18 Å². The van der Waals surface area contributed by atoms with Gasteiger partial charge in [0.15, 0.2) is 11.5 Å². The molecule has 4 aromatic rings. The Balaban J connectivity index is 1.53. The Hall–Kier alpha value is -3.81. The zero-order valence-corrected chi connectivity index (χ0v) is 14.1. The number of benzene rings is 1. The first-order valence-electron chi connectivity index (χ1n) is 8.26. The number of fused-ring (bicyclic) bond motifs is 1. The molecule has 0 fully saturated rings. The van der Waals surface area contributed by atoms with Gasteiger partial charge in [-0.1, -0.05) is 18.2 Å². The molecular formula is C19H15FN6O. The summed E-state index contributed by atoms with van der Waals surface area (Å²) in [6, 6.07) is 15.0. The number of amides is 1. The van der Waals surface area contributed by atoms with E-state index in [1.54, 1.807) is 34.7 Å². The van der Waals surface area contributed by atoms with E-state index in [0.29, 0.717) is 17.0 Å². The van der Waals surface area contributed by atoms with Crippen LogP contribution < -0.4 is 10.6 Å². The van der Waals surface area contributed by atoms with Crippen LogP contribution in [-0.4, -0.2) is 25.5 Å². The van der Waals surface area contributed by atoms with Crippen molar-refractivity contribution in [3.8, 4) is 0 Å². The number of aromatic nitrogens is 4. The summed E-state index contributed by atoms with van der Waals surface area (Å²) in [7, 11) is 0. The highest BCUT2D eigenvalue weighted by Crippen LogP contribution is 2.21. The molecule has 8 heteroatoms. The van der Waals surface area contributed by atoms with E-state index in [-0.39, 0.29) is 24.0 Å². The Morgan fingerprint density at radius 3 is 2.78 bits per heavy atom. The number of para-hydroxylation sites is 1. The summed E-state index contributed by atoms with van der Waals surface area (Å²) in [5.41, 5.74) is 1.24. The predicted molar refractivity (Wildman–Crippen MR) is 98.1 cm³/mol. The van der Waals surface area contributed by atoms with Gasteiger partial charge in [-0.2, -0.15) is 0 Å². The first-order valence-corrected chi connectivity index (χ1v) is 8.26. The minimum atomic E-state index is -0.426. The number of hydrogen-bond donors (Lipinski definition) is 2. The molecule has 2 N–H and O–H groups in total. The largest absolute Gasteiger partial charge is 0.345 e. The molecule has 134 valence electrons. The number of nitrogens with zero attached hydrogens (tertiary/aromatic N) is 4. The highest BCUT2D eigenvalue weighted by atomic mass is 19.1. The third kappa shape index (κ3) is 3.45. The number of rotatable bonds is 5. The molecule has 3 aromatic heterocycles. The fourth-order valence-corrected chi connectivity index (χ4v) is 2.64. The molecule has 3 heterocycles. The van der Waals surface area contributed by atoms with E-state index in [4.69, 9.17) is 0 Å². The number of halogens is 1. The molecule has 0 atom stereocenters. The number of pyridine rings is 2. The fourth-order valence-electron chi connectivity index (χ4n) is 2.64. The van der Waals surface area contributed by atoms with E-state index < -0.39 is 5.82 Å². The molecule has 0 spiro atoms. The minimum Gasteiger partial charge on any atom is -0.345 e. The van der Waals surface area contributed by atoms with Crippen molar-refractivity contribution >= 4 is 23.1 Å². The highest BCUT2D eigenvalue weighted by Gasteiger charge is 2.14. The van der Waals surface area contributed by atoms with Crippen LogP contribution in [0.1, 0.15) is 16.2 Å². The first kappa shape index (κ1) is 16.6. The summed E-state index contributed by atoms with van der Waals surface area (Å²) in [6.45, 7) is 0.193. The Labute approximate surface area is 153 Å². The lowest BCUT2D eigenvalue weighted by Crippen LogP contribution is -2.25. The van der Waals surface area contributed by atoms with Crippen LogP contribution in [0, 0.1) is 5.82 Å². The van der Waals surface area contributed by atoms with Gasteiger partial charge in [-0.25, -0.2) is 9.37 Å². The van der Waals surface area contributed by atoms with E-state index in [1.165, 1.54) is 12.3 Å².